The standard InChI is InChI=1S/C22H31ClN2O5.C20H27ClN2O5.C2HF3O2/c1-15(2)19(24(3)4)20(27)29-14-30-21(28)25(5)22(13-9-8-12-18(22)26)16-10-6-7-11-17(16)23;1-13(2)17(22)18(25)27-12-28-19(26)23(3)20(11-7-6-10-16(20)24)14-8-4-5-9-15(14)21;3-2(4,5)1(6)7/h6-7,10-11,15,19H,8-9,12-14H2,1-5H3;4-5,8-9,13,17H,6-7,10-12,22H2,1-3H3;(H,6,7)/t19-,22-;17-,20-;/m00./s1. The van der Waals surface area contributed by atoms with Crippen molar-refractivity contribution in [3.63, 3.8) is 0 Å². The first-order chi connectivity index (χ1) is 30.3. The van der Waals surface area contributed by atoms with Crippen LogP contribution in [0.1, 0.15) is 90.2 Å². The van der Waals surface area contributed by atoms with Gasteiger partial charge in [0.15, 0.2) is 11.6 Å². The van der Waals surface area contributed by atoms with Crippen LogP contribution >= 0.6 is 23.2 Å². The molecule has 16 nitrogen and oxygen atoms in total. The second-order valence-corrected chi connectivity index (χ2v) is 17.1. The summed E-state index contributed by atoms with van der Waals surface area (Å²) in [4.78, 5) is 88.8. The first kappa shape index (κ1) is 56.2. The summed E-state index contributed by atoms with van der Waals surface area (Å²) in [5.41, 5.74) is 4.46. The summed E-state index contributed by atoms with van der Waals surface area (Å²) in [6.45, 7) is 6.30. The van der Waals surface area contributed by atoms with Gasteiger partial charge in [-0.1, -0.05) is 87.3 Å². The molecule has 2 saturated carbocycles. The fourth-order valence-electron chi connectivity index (χ4n) is 7.57. The third-order valence-electron chi connectivity index (χ3n) is 11.1. The minimum atomic E-state index is -5.08. The van der Waals surface area contributed by atoms with Crippen molar-refractivity contribution in [1.29, 1.82) is 0 Å². The van der Waals surface area contributed by atoms with Gasteiger partial charge in [0, 0.05) is 48.1 Å². The molecule has 2 fully saturated rings. The average Bonchev–Trinajstić information content (AvgIpc) is 3.23. The van der Waals surface area contributed by atoms with Crippen molar-refractivity contribution in [3.05, 3.63) is 69.7 Å². The number of ketones is 2. The lowest BCUT2D eigenvalue weighted by Crippen LogP contribution is -2.54. The summed E-state index contributed by atoms with van der Waals surface area (Å²) in [6, 6.07) is 12.8. The molecule has 65 heavy (non-hydrogen) atoms. The van der Waals surface area contributed by atoms with E-state index in [1.54, 1.807) is 81.4 Å². The Morgan fingerprint density at radius 3 is 1.35 bits per heavy atom. The lowest BCUT2D eigenvalue weighted by molar-refractivity contribution is -0.192. The summed E-state index contributed by atoms with van der Waals surface area (Å²) >= 11 is 12.8. The van der Waals surface area contributed by atoms with Crippen LogP contribution in [0.4, 0.5) is 22.8 Å². The number of carbonyl (C=O) groups excluding carboxylic acids is 6. The van der Waals surface area contributed by atoms with Gasteiger partial charge < -0.3 is 29.8 Å². The number of Topliss-reactive ketones (excluding diaryl/α,β-unsaturated/α-hetero) is 2. The number of alkyl halides is 3. The number of carboxylic acid groups (broad SMARTS) is 1. The number of carboxylic acids is 1. The molecule has 0 heterocycles. The molecule has 4 atom stereocenters. The molecular formula is C44H59Cl2F3N4O12. The number of amides is 2. The molecule has 0 bridgehead atoms. The van der Waals surface area contributed by atoms with Crippen LogP contribution in [-0.4, -0.2) is 122 Å². The molecule has 3 N–H and O–H groups in total. The Balaban J connectivity index is 0.000000390. The zero-order valence-electron chi connectivity index (χ0n) is 37.7. The molecule has 0 saturated heterocycles. The van der Waals surface area contributed by atoms with Gasteiger partial charge in [0.2, 0.25) is 13.6 Å². The van der Waals surface area contributed by atoms with Gasteiger partial charge in [-0.25, -0.2) is 14.4 Å². The lowest BCUT2D eigenvalue weighted by atomic mass is 9.74. The maximum atomic E-state index is 13.0. The van der Waals surface area contributed by atoms with Crippen molar-refractivity contribution in [2.45, 2.75) is 108 Å². The van der Waals surface area contributed by atoms with E-state index in [4.69, 9.17) is 57.8 Å². The number of hydrogen-bond acceptors (Lipinski definition) is 13. The summed E-state index contributed by atoms with van der Waals surface area (Å²) in [5, 5.41) is 7.95. The van der Waals surface area contributed by atoms with Gasteiger partial charge in [-0.2, -0.15) is 13.2 Å². The molecule has 0 aliphatic heterocycles. The Hall–Kier alpha value is -4.98. The van der Waals surface area contributed by atoms with E-state index < -0.39 is 73.0 Å². The summed E-state index contributed by atoms with van der Waals surface area (Å²) in [5.74, 6) is -4.12. The number of likely N-dealkylation sites (N-methyl/N-ethyl adjacent to an activating group) is 3. The van der Waals surface area contributed by atoms with Crippen molar-refractivity contribution in [2.75, 3.05) is 41.8 Å². The minimum Gasteiger partial charge on any atom is -0.475 e. The number of nitrogens with zero attached hydrogens (tertiary/aromatic N) is 3. The van der Waals surface area contributed by atoms with E-state index in [9.17, 15) is 41.9 Å². The molecule has 0 unspecified atom stereocenters. The van der Waals surface area contributed by atoms with Gasteiger partial charge in [0.1, 0.15) is 23.2 Å². The Morgan fingerprint density at radius 1 is 0.677 bits per heavy atom. The lowest BCUT2D eigenvalue weighted by Gasteiger charge is -2.43. The first-order valence-corrected chi connectivity index (χ1v) is 21.5. The average molecular weight is 964 g/mol. The van der Waals surface area contributed by atoms with Crippen molar-refractivity contribution >= 4 is 64.9 Å². The maximum absolute atomic E-state index is 13.0. The van der Waals surface area contributed by atoms with Crippen LogP contribution in [0.25, 0.3) is 0 Å². The smallest absolute Gasteiger partial charge is 0.475 e. The molecule has 2 aliphatic carbocycles. The van der Waals surface area contributed by atoms with Crippen molar-refractivity contribution in [1.82, 2.24) is 14.7 Å². The highest BCUT2D eigenvalue weighted by Crippen LogP contribution is 2.44. The molecule has 0 spiro atoms. The Kier molecular flexibility index (Phi) is 21.7. The molecule has 0 radical (unpaired) electrons. The Morgan fingerprint density at radius 2 is 1.05 bits per heavy atom. The van der Waals surface area contributed by atoms with E-state index in [1.165, 1.54) is 23.9 Å². The number of nitrogens with two attached hydrogens (primary N) is 1. The fourth-order valence-corrected chi connectivity index (χ4v) is 8.16. The number of carbonyl (C=O) groups is 7. The number of aliphatic carboxylic acids is 1. The topological polar surface area (TPSA) is 212 Å². The van der Waals surface area contributed by atoms with E-state index in [0.29, 0.717) is 46.9 Å². The minimum absolute atomic E-state index is 0.0363. The van der Waals surface area contributed by atoms with Crippen LogP contribution in [0.15, 0.2) is 48.5 Å². The van der Waals surface area contributed by atoms with Gasteiger partial charge in [0.25, 0.3) is 0 Å². The third-order valence-corrected chi connectivity index (χ3v) is 11.7. The quantitative estimate of drug-likeness (QED) is 0.146. The van der Waals surface area contributed by atoms with Gasteiger partial charge in [-0.15, -0.1) is 0 Å². The maximum Gasteiger partial charge on any atom is 0.490 e. The van der Waals surface area contributed by atoms with Gasteiger partial charge >= 0.3 is 36.3 Å². The predicted molar refractivity (Wildman–Crippen MR) is 232 cm³/mol. The molecule has 2 amide bonds. The largest absolute Gasteiger partial charge is 0.490 e. The first-order valence-electron chi connectivity index (χ1n) is 20.7. The summed E-state index contributed by atoms with van der Waals surface area (Å²) in [6.07, 6.45) is -1.92. The van der Waals surface area contributed by atoms with E-state index in [1.807, 2.05) is 13.8 Å². The summed E-state index contributed by atoms with van der Waals surface area (Å²) in [7, 11) is 6.59. The molecule has 0 aromatic heterocycles. The predicted octanol–water partition coefficient (Wildman–Crippen LogP) is 7.70. The highest BCUT2D eigenvalue weighted by Gasteiger charge is 2.50. The molecule has 2 aromatic rings. The molecule has 2 aliphatic rings. The van der Waals surface area contributed by atoms with Crippen LogP contribution in [0.5, 0.6) is 0 Å². The monoisotopic (exact) mass is 962 g/mol. The number of halogens is 5. The molecule has 4 rings (SSSR count). The van der Waals surface area contributed by atoms with Crippen LogP contribution in [0, 0.1) is 11.8 Å². The van der Waals surface area contributed by atoms with Crippen LogP contribution in [0.3, 0.4) is 0 Å². The summed E-state index contributed by atoms with van der Waals surface area (Å²) < 4.78 is 52.1. The van der Waals surface area contributed by atoms with E-state index in [0.717, 1.165) is 25.7 Å². The van der Waals surface area contributed by atoms with Crippen LogP contribution in [0.2, 0.25) is 10.0 Å². The Bertz CT molecular complexity index is 1980. The highest BCUT2D eigenvalue weighted by atomic mass is 35.5. The number of ether oxygens (including phenoxy) is 4. The van der Waals surface area contributed by atoms with Crippen molar-refractivity contribution in [3.8, 4) is 0 Å². The third kappa shape index (κ3) is 14.5. The van der Waals surface area contributed by atoms with E-state index in [2.05, 4.69) is 0 Å². The van der Waals surface area contributed by atoms with E-state index >= 15 is 0 Å². The van der Waals surface area contributed by atoms with Gasteiger partial charge in [-0.3, -0.25) is 33.9 Å². The van der Waals surface area contributed by atoms with E-state index in [-0.39, 0.29) is 23.4 Å². The molecule has 362 valence electrons. The number of hydrogen-bond donors (Lipinski definition) is 2. The SMILES string of the molecule is CC(C)[C@@H](C(=O)OCOC(=O)N(C)[C@]1(c2ccccc2Cl)CCCCC1=O)N(C)C.CC(C)[C@H](N)C(=O)OCOC(=O)N(C)[C@]1(c2ccccc2Cl)CCCCC1=O.O=C(O)C(F)(F)F. The van der Waals surface area contributed by atoms with Gasteiger partial charge in [-0.05, 0) is 76.6 Å². The zero-order valence-corrected chi connectivity index (χ0v) is 39.3. The number of esters is 2. The van der Waals surface area contributed by atoms with Crippen LogP contribution in [-0.2, 0) is 54.0 Å². The van der Waals surface area contributed by atoms with Crippen molar-refractivity contribution < 1.29 is 70.8 Å². The normalized spacial score (nSPS) is 19.4. The number of benzene rings is 2. The highest BCUT2D eigenvalue weighted by molar-refractivity contribution is 6.32. The second-order valence-electron chi connectivity index (χ2n) is 16.3. The Labute approximate surface area is 386 Å². The second kappa shape index (κ2) is 25.1. The van der Waals surface area contributed by atoms with Crippen LogP contribution < -0.4 is 5.73 Å². The number of rotatable bonds is 13. The molecular weight excluding hydrogens is 904 g/mol. The molecule has 2 aromatic carbocycles. The fraction of sp³-hybridized carbons (Fsp3) is 0.568. The van der Waals surface area contributed by atoms with Gasteiger partial charge in [0.05, 0.1) is 0 Å². The zero-order chi connectivity index (χ0) is 49.4. The molecule has 21 heteroatoms. The van der Waals surface area contributed by atoms with Crippen molar-refractivity contribution in [2.24, 2.45) is 17.6 Å².